The fraction of sp³-hybridized carbons (Fsp3) is 0.583. The number of rotatable bonds is 5. The Morgan fingerprint density at radius 1 is 1.40 bits per heavy atom. The van der Waals surface area contributed by atoms with Gasteiger partial charge in [0.25, 0.3) is 0 Å². The van der Waals surface area contributed by atoms with Crippen molar-refractivity contribution in [2.45, 2.75) is 45.8 Å². The highest BCUT2D eigenvalue weighted by atomic mass is 16.6. The summed E-state index contributed by atoms with van der Waals surface area (Å²) in [5, 5.41) is 10.1. The van der Waals surface area contributed by atoms with Crippen molar-refractivity contribution < 1.29 is 14.6 Å². The molecule has 0 aliphatic rings. The van der Waals surface area contributed by atoms with Crippen LogP contribution in [0.2, 0.25) is 0 Å². The number of hydrogen-bond donors (Lipinski definition) is 1. The Morgan fingerprint density at radius 3 is 2.13 bits per heavy atom. The Balaban J connectivity index is 4.86. The standard InChI is InChI=1S/C12H20O3/c1-8(2)7-12(14,9(3)4)11(13)15-10(5)6/h10,14H,1,3,7H2,2,4-6H3. The third-order valence-electron chi connectivity index (χ3n) is 1.94. The Kier molecular flexibility index (Phi) is 4.75. The van der Waals surface area contributed by atoms with Gasteiger partial charge < -0.3 is 9.84 Å². The van der Waals surface area contributed by atoms with E-state index >= 15 is 0 Å². The van der Waals surface area contributed by atoms with E-state index in [0.717, 1.165) is 0 Å². The van der Waals surface area contributed by atoms with Gasteiger partial charge in [-0.3, -0.25) is 0 Å². The zero-order valence-electron chi connectivity index (χ0n) is 9.96. The maximum absolute atomic E-state index is 11.7. The Morgan fingerprint density at radius 2 is 1.87 bits per heavy atom. The fourth-order valence-electron chi connectivity index (χ4n) is 1.15. The molecule has 0 aliphatic heterocycles. The van der Waals surface area contributed by atoms with E-state index in [4.69, 9.17) is 4.74 Å². The summed E-state index contributed by atoms with van der Waals surface area (Å²) in [6.07, 6.45) is -0.109. The molecule has 1 unspecified atom stereocenters. The summed E-state index contributed by atoms with van der Waals surface area (Å²) in [5.41, 5.74) is -0.562. The molecule has 0 aromatic carbocycles. The molecular formula is C12H20O3. The first-order valence-electron chi connectivity index (χ1n) is 4.94. The van der Waals surface area contributed by atoms with Crippen LogP contribution in [0.1, 0.15) is 34.1 Å². The molecule has 3 nitrogen and oxygen atoms in total. The topological polar surface area (TPSA) is 46.5 Å². The highest BCUT2D eigenvalue weighted by molar-refractivity contribution is 5.83. The molecule has 15 heavy (non-hydrogen) atoms. The summed E-state index contributed by atoms with van der Waals surface area (Å²) >= 11 is 0. The third kappa shape index (κ3) is 3.88. The summed E-state index contributed by atoms with van der Waals surface area (Å²) in [7, 11) is 0. The molecule has 0 radical (unpaired) electrons. The van der Waals surface area contributed by atoms with Gasteiger partial charge in [0.2, 0.25) is 0 Å². The maximum atomic E-state index is 11.7. The molecule has 0 saturated carbocycles. The molecule has 3 heteroatoms. The van der Waals surface area contributed by atoms with Gasteiger partial charge in [0.15, 0.2) is 5.60 Å². The molecule has 0 saturated heterocycles. The van der Waals surface area contributed by atoms with Crippen molar-refractivity contribution in [2.75, 3.05) is 0 Å². The van der Waals surface area contributed by atoms with Crippen molar-refractivity contribution in [3.63, 3.8) is 0 Å². The van der Waals surface area contributed by atoms with Crippen LogP contribution in [0.5, 0.6) is 0 Å². The molecule has 1 N–H and O–H groups in total. The first-order chi connectivity index (χ1) is 6.70. The second kappa shape index (κ2) is 5.12. The van der Waals surface area contributed by atoms with Crippen LogP contribution in [0.4, 0.5) is 0 Å². The van der Waals surface area contributed by atoms with Gasteiger partial charge in [0, 0.05) is 6.42 Å². The lowest BCUT2D eigenvalue weighted by Gasteiger charge is -2.27. The van der Waals surface area contributed by atoms with Crippen LogP contribution in [0.3, 0.4) is 0 Å². The molecule has 0 aromatic heterocycles. The maximum Gasteiger partial charge on any atom is 0.343 e. The SMILES string of the molecule is C=C(C)CC(O)(C(=C)C)C(=O)OC(C)C. The van der Waals surface area contributed by atoms with Crippen LogP contribution in [-0.2, 0) is 9.53 Å². The van der Waals surface area contributed by atoms with E-state index in [2.05, 4.69) is 13.2 Å². The monoisotopic (exact) mass is 212 g/mol. The summed E-state index contributed by atoms with van der Waals surface area (Å²) in [5.74, 6) is -0.659. The summed E-state index contributed by atoms with van der Waals surface area (Å²) in [6.45, 7) is 14.1. The summed E-state index contributed by atoms with van der Waals surface area (Å²) in [4.78, 5) is 11.7. The molecule has 0 aliphatic carbocycles. The van der Waals surface area contributed by atoms with Crippen LogP contribution in [0.15, 0.2) is 24.3 Å². The van der Waals surface area contributed by atoms with E-state index in [9.17, 15) is 9.90 Å². The van der Waals surface area contributed by atoms with E-state index in [0.29, 0.717) is 11.1 Å². The zero-order chi connectivity index (χ0) is 12.2. The van der Waals surface area contributed by atoms with Crippen LogP contribution in [-0.4, -0.2) is 22.8 Å². The Labute approximate surface area is 91.4 Å². The van der Waals surface area contributed by atoms with Gasteiger partial charge in [-0.2, -0.15) is 0 Å². The molecule has 86 valence electrons. The molecule has 0 aromatic rings. The highest BCUT2D eigenvalue weighted by Crippen LogP contribution is 2.25. The minimum Gasteiger partial charge on any atom is -0.461 e. The van der Waals surface area contributed by atoms with Gasteiger partial charge in [-0.25, -0.2) is 4.79 Å². The summed E-state index contributed by atoms with van der Waals surface area (Å²) < 4.78 is 4.99. The first kappa shape index (κ1) is 13.9. The predicted octanol–water partition coefficient (Wildman–Crippen LogP) is 2.21. The largest absolute Gasteiger partial charge is 0.461 e. The molecule has 0 bridgehead atoms. The van der Waals surface area contributed by atoms with Crippen LogP contribution in [0, 0.1) is 0 Å². The Hall–Kier alpha value is -1.09. The van der Waals surface area contributed by atoms with Crippen molar-refractivity contribution in [3.8, 4) is 0 Å². The van der Waals surface area contributed by atoms with Crippen molar-refractivity contribution >= 4 is 5.97 Å². The fourth-order valence-corrected chi connectivity index (χ4v) is 1.15. The van der Waals surface area contributed by atoms with E-state index in [-0.39, 0.29) is 12.5 Å². The molecule has 0 spiro atoms. The van der Waals surface area contributed by atoms with Gasteiger partial charge in [0.05, 0.1) is 6.10 Å². The Bertz CT molecular complexity index is 279. The molecule has 0 rings (SSSR count). The number of ether oxygens (including phenoxy) is 1. The second-order valence-corrected chi connectivity index (χ2v) is 4.23. The number of carbonyl (C=O) groups is 1. The number of carbonyl (C=O) groups excluding carboxylic acids is 1. The van der Waals surface area contributed by atoms with Crippen molar-refractivity contribution in [3.05, 3.63) is 24.3 Å². The molecule has 1 atom stereocenters. The first-order valence-corrected chi connectivity index (χ1v) is 4.94. The van der Waals surface area contributed by atoms with Crippen LogP contribution in [0.25, 0.3) is 0 Å². The van der Waals surface area contributed by atoms with E-state index in [1.807, 2.05) is 0 Å². The number of esters is 1. The lowest BCUT2D eigenvalue weighted by atomic mass is 9.89. The molecule has 0 heterocycles. The molecule has 0 amide bonds. The van der Waals surface area contributed by atoms with Crippen molar-refractivity contribution in [1.82, 2.24) is 0 Å². The minimum absolute atomic E-state index is 0.147. The quantitative estimate of drug-likeness (QED) is 0.561. The second-order valence-electron chi connectivity index (χ2n) is 4.23. The van der Waals surface area contributed by atoms with Crippen LogP contribution >= 0.6 is 0 Å². The van der Waals surface area contributed by atoms with Gasteiger partial charge in [-0.15, -0.1) is 6.58 Å². The van der Waals surface area contributed by atoms with Crippen molar-refractivity contribution in [1.29, 1.82) is 0 Å². The van der Waals surface area contributed by atoms with E-state index in [1.165, 1.54) is 0 Å². The lowest BCUT2D eigenvalue weighted by Crippen LogP contribution is -2.42. The van der Waals surface area contributed by atoms with Gasteiger partial charge in [-0.1, -0.05) is 12.2 Å². The van der Waals surface area contributed by atoms with Crippen LogP contribution < -0.4 is 0 Å². The summed E-state index contributed by atoms with van der Waals surface area (Å²) in [6, 6.07) is 0. The highest BCUT2D eigenvalue weighted by Gasteiger charge is 2.38. The van der Waals surface area contributed by atoms with E-state index in [1.54, 1.807) is 27.7 Å². The van der Waals surface area contributed by atoms with Gasteiger partial charge in [-0.05, 0) is 33.3 Å². The normalized spacial score (nSPS) is 14.5. The smallest absolute Gasteiger partial charge is 0.343 e. The molecular weight excluding hydrogens is 192 g/mol. The predicted molar refractivity (Wildman–Crippen MR) is 60.4 cm³/mol. The number of aliphatic hydroxyl groups is 1. The average Bonchev–Trinajstić information content (AvgIpc) is 2.00. The van der Waals surface area contributed by atoms with Gasteiger partial charge >= 0.3 is 5.97 Å². The van der Waals surface area contributed by atoms with Gasteiger partial charge in [0.1, 0.15) is 0 Å². The number of hydrogen-bond acceptors (Lipinski definition) is 3. The minimum atomic E-state index is -1.64. The average molecular weight is 212 g/mol. The molecule has 0 fully saturated rings. The third-order valence-corrected chi connectivity index (χ3v) is 1.94. The van der Waals surface area contributed by atoms with E-state index < -0.39 is 11.6 Å². The van der Waals surface area contributed by atoms with Crippen molar-refractivity contribution in [2.24, 2.45) is 0 Å². The zero-order valence-corrected chi connectivity index (χ0v) is 9.96. The lowest BCUT2D eigenvalue weighted by molar-refractivity contribution is -0.165.